The van der Waals surface area contributed by atoms with E-state index in [-0.39, 0.29) is 5.91 Å². The maximum Gasteiger partial charge on any atom is 0.255 e. The molecule has 0 spiro atoms. The van der Waals surface area contributed by atoms with Gasteiger partial charge in [0, 0.05) is 10.4 Å². The van der Waals surface area contributed by atoms with Crippen LogP contribution in [0.3, 0.4) is 0 Å². The SMILES string of the molecule is Cc1ccc(C(=O)N/C(=C\c2cccs2)c2nc(=S)[nH][nH]2)cc1. The van der Waals surface area contributed by atoms with Crippen molar-refractivity contribution in [2.24, 2.45) is 0 Å². The van der Waals surface area contributed by atoms with E-state index in [0.29, 0.717) is 21.9 Å². The zero-order chi connectivity index (χ0) is 16.2. The molecule has 2 heterocycles. The predicted molar refractivity (Wildman–Crippen MR) is 94.6 cm³/mol. The first-order valence-electron chi connectivity index (χ1n) is 6.90. The second-order valence-electron chi connectivity index (χ2n) is 4.91. The van der Waals surface area contributed by atoms with Crippen LogP contribution in [0.1, 0.15) is 26.6 Å². The number of H-pyrrole nitrogens is 2. The first kappa shape index (κ1) is 15.4. The van der Waals surface area contributed by atoms with Crippen LogP contribution in [0.4, 0.5) is 0 Å². The van der Waals surface area contributed by atoms with E-state index in [1.165, 1.54) is 0 Å². The number of hydrogen-bond acceptors (Lipinski definition) is 4. The van der Waals surface area contributed by atoms with Crippen LogP contribution in [0.15, 0.2) is 41.8 Å². The molecule has 3 N–H and O–H groups in total. The number of nitrogens with one attached hydrogen (secondary N) is 3. The summed E-state index contributed by atoms with van der Waals surface area (Å²) in [4.78, 5) is 17.6. The average Bonchev–Trinajstić information content (AvgIpc) is 3.19. The molecule has 0 aliphatic carbocycles. The zero-order valence-electron chi connectivity index (χ0n) is 12.3. The van der Waals surface area contributed by atoms with Crippen LogP contribution in [-0.2, 0) is 0 Å². The van der Waals surface area contributed by atoms with Gasteiger partial charge in [0.1, 0.15) is 0 Å². The average molecular weight is 342 g/mol. The van der Waals surface area contributed by atoms with Gasteiger partial charge in [0.2, 0.25) is 4.77 Å². The summed E-state index contributed by atoms with van der Waals surface area (Å²) in [5.41, 5.74) is 2.25. The van der Waals surface area contributed by atoms with Crippen LogP contribution in [0.5, 0.6) is 0 Å². The lowest BCUT2D eigenvalue weighted by Gasteiger charge is -2.07. The van der Waals surface area contributed by atoms with Gasteiger partial charge in [0.15, 0.2) is 5.82 Å². The number of carbonyl (C=O) groups excluding carboxylic acids is 1. The third-order valence-electron chi connectivity index (χ3n) is 3.15. The van der Waals surface area contributed by atoms with Crippen LogP contribution < -0.4 is 5.32 Å². The largest absolute Gasteiger partial charge is 0.319 e. The molecule has 0 saturated heterocycles. The lowest BCUT2D eigenvalue weighted by Crippen LogP contribution is -2.22. The van der Waals surface area contributed by atoms with Gasteiger partial charge in [-0.25, -0.2) is 0 Å². The number of aromatic nitrogens is 3. The van der Waals surface area contributed by atoms with E-state index in [0.717, 1.165) is 10.4 Å². The van der Waals surface area contributed by atoms with Gasteiger partial charge in [-0.2, -0.15) is 4.98 Å². The third-order valence-corrected chi connectivity index (χ3v) is 4.16. The molecule has 0 unspecified atom stereocenters. The standard InChI is InChI=1S/C16H14N4OS2/c1-10-4-6-11(7-5-10)15(21)17-13(9-12-3-2-8-23-12)14-18-16(22)20-19-14/h2-9H,1H3,(H,17,21)(H2,18,19,20,22)/b13-9-. The Morgan fingerprint density at radius 1 is 1.26 bits per heavy atom. The van der Waals surface area contributed by atoms with Gasteiger partial charge in [-0.15, -0.1) is 11.3 Å². The normalized spacial score (nSPS) is 11.4. The Morgan fingerprint density at radius 3 is 2.65 bits per heavy atom. The molecule has 0 saturated carbocycles. The molecule has 1 amide bonds. The minimum absolute atomic E-state index is 0.199. The summed E-state index contributed by atoms with van der Waals surface area (Å²) in [5.74, 6) is 0.291. The summed E-state index contributed by atoms with van der Waals surface area (Å²) in [6.45, 7) is 1.98. The number of carbonyl (C=O) groups is 1. The van der Waals surface area contributed by atoms with Crippen molar-refractivity contribution in [3.05, 3.63) is 68.4 Å². The van der Waals surface area contributed by atoms with Crippen molar-refractivity contribution in [2.45, 2.75) is 6.92 Å². The summed E-state index contributed by atoms with van der Waals surface area (Å²) in [7, 11) is 0. The highest BCUT2D eigenvalue weighted by Gasteiger charge is 2.12. The van der Waals surface area contributed by atoms with Gasteiger partial charge in [0.05, 0.1) is 5.70 Å². The molecule has 3 aromatic rings. The summed E-state index contributed by atoms with van der Waals surface area (Å²) in [6, 6.07) is 11.3. The molecule has 0 fully saturated rings. The number of amides is 1. The Bertz CT molecular complexity index is 889. The maximum absolute atomic E-state index is 12.4. The third kappa shape index (κ3) is 3.82. The minimum Gasteiger partial charge on any atom is -0.319 e. The van der Waals surface area contributed by atoms with E-state index >= 15 is 0 Å². The second-order valence-corrected chi connectivity index (χ2v) is 6.28. The Kier molecular flexibility index (Phi) is 4.50. The molecule has 2 aromatic heterocycles. The molecular formula is C16H14N4OS2. The molecule has 116 valence electrons. The van der Waals surface area contributed by atoms with Crippen molar-refractivity contribution >= 4 is 41.2 Å². The van der Waals surface area contributed by atoms with Crippen LogP contribution in [-0.4, -0.2) is 21.1 Å². The van der Waals surface area contributed by atoms with E-state index < -0.39 is 0 Å². The van der Waals surface area contributed by atoms with Gasteiger partial charge < -0.3 is 5.32 Å². The number of hydrogen-bond donors (Lipinski definition) is 3. The molecule has 0 atom stereocenters. The smallest absolute Gasteiger partial charge is 0.255 e. The maximum atomic E-state index is 12.4. The molecule has 7 heteroatoms. The Labute approximate surface area is 142 Å². The highest BCUT2D eigenvalue weighted by Crippen LogP contribution is 2.17. The number of benzene rings is 1. The quantitative estimate of drug-likeness (QED) is 0.632. The molecule has 23 heavy (non-hydrogen) atoms. The summed E-state index contributed by atoms with van der Waals surface area (Å²) >= 11 is 6.56. The highest BCUT2D eigenvalue weighted by molar-refractivity contribution is 7.71. The number of aryl methyl sites for hydroxylation is 1. The van der Waals surface area contributed by atoms with Crippen LogP contribution in [0.25, 0.3) is 11.8 Å². The zero-order valence-corrected chi connectivity index (χ0v) is 13.9. The van der Waals surface area contributed by atoms with Crippen molar-refractivity contribution in [3.63, 3.8) is 0 Å². The van der Waals surface area contributed by atoms with Crippen molar-refractivity contribution in [1.29, 1.82) is 0 Å². The van der Waals surface area contributed by atoms with Gasteiger partial charge in [-0.1, -0.05) is 23.8 Å². The first-order valence-corrected chi connectivity index (χ1v) is 8.19. The fraction of sp³-hybridized carbons (Fsp3) is 0.0625. The summed E-state index contributed by atoms with van der Waals surface area (Å²) < 4.78 is 0.335. The minimum atomic E-state index is -0.199. The Morgan fingerprint density at radius 2 is 2.04 bits per heavy atom. The lowest BCUT2D eigenvalue weighted by molar-refractivity contribution is 0.0973. The molecule has 0 aliphatic rings. The van der Waals surface area contributed by atoms with Gasteiger partial charge in [-0.3, -0.25) is 15.0 Å². The van der Waals surface area contributed by atoms with Crippen LogP contribution in [0.2, 0.25) is 0 Å². The van der Waals surface area contributed by atoms with Crippen molar-refractivity contribution in [2.75, 3.05) is 0 Å². The molecule has 3 rings (SSSR count). The van der Waals surface area contributed by atoms with Crippen LogP contribution in [0, 0.1) is 11.7 Å². The van der Waals surface area contributed by atoms with E-state index in [1.54, 1.807) is 23.5 Å². The number of aromatic amines is 2. The van der Waals surface area contributed by atoms with Gasteiger partial charge >= 0.3 is 0 Å². The first-order chi connectivity index (χ1) is 11.1. The van der Waals surface area contributed by atoms with E-state index in [4.69, 9.17) is 12.2 Å². The summed E-state index contributed by atoms with van der Waals surface area (Å²) in [5, 5.41) is 10.5. The molecule has 1 aromatic carbocycles. The molecule has 5 nitrogen and oxygen atoms in total. The van der Waals surface area contributed by atoms with E-state index in [1.807, 2.05) is 42.6 Å². The van der Waals surface area contributed by atoms with E-state index in [2.05, 4.69) is 20.5 Å². The van der Waals surface area contributed by atoms with Crippen molar-refractivity contribution in [3.8, 4) is 0 Å². The molecule has 0 radical (unpaired) electrons. The molecule has 0 bridgehead atoms. The Balaban J connectivity index is 1.91. The lowest BCUT2D eigenvalue weighted by atomic mass is 10.1. The fourth-order valence-electron chi connectivity index (χ4n) is 1.98. The number of rotatable bonds is 4. The Hall–Kier alpha value is -2.51. The van der Waals surface area contributed by atoms with Gasteiger partial charge in [-0.05, 0) is 48.8 Å². The molecule has 0 aliphatic heterocycles. The highest BCUT2D eigenvalue weighted by atomic mass is 32.1. The second kappa shape index (κ2) is 6.72. The van der Waals surface area contributed by atoms with Crippen LogP contribution >= 0.6 is 23.6 Å². The summed E-state index contributed by atoms with van der Waals surface area (Å²) in [6.07, 6.45) is 1.86. The monoisotopic (exact) mass is 342 g/mol. The van der Waals surface area contributed by atoms with Crippen molar-refractivity contribution < 1.29 is 4.79 Å². The molecular weight excluding hydrogens is 328 g/mol. The topological polar surface area (TPSA) is 73.6 Å². The fourth-order valence-corrected chi connectivity index (χ4v) is 2.78. The number of nitrogens with zero attached hydrogens (tertiary/aromatic N) is 1. The van der Waals surface area contributed by atoms with Crippen molar-refractivity contribution in [1.82, 2.24) is 20.5 Å². The van der Waals surface area contributed by atoms with E-state index in [9.17, 15) is 4.79 Å². The number of thiophene rings is 1. The van der Waals surface area contributed by atoms with Gasteiger partial charge in [0.25, 0.3) is 5.91 Å². The predicted octanol–water partition coefficient (Wildman–Crippen LogP) is 3.77.